The average Bonchev–Trinajstić information content (AvgIpc) is 3.18. The van der Waals surface area contributed by atoms with E-state index in [1.54, 1.807) is 49.5 Å². The summed E-state index contributed by atoms with van der Waals surface area (Å²) in [7, 11) is 1.54. The van der Waals surface area contributed by atoms with Crippen LogP contribution < -0.4 is 10.6 Å². The molecule has 34 heavy (non-hydrogen) atoms. The Balaban J connectivity index is 1.45. The highest BCUT2D eigenvalue weighted by Gasteiger charge is 2.15. The Bertz CT molecular complexity index is 1390. The van der Waals surface area contributed by atoms with Crippen molar-refractivity contribution < 1.29 is 18.4 Å². The van der Waals surface area contributed by atoms with Crippen LogP contribution in [0.25, 0.3) is 22.0 Å². The van der Waals surface area contributed by atoms with Gasteiger partial charge in [-0.1, -0.05) is 24.3 Å². The van der Waals surface area contributed by atoms with Crippen LogP contribution in [0.2, 0.25) is 0 Å². The Morgan fingerprint density at radius 1 is 0.882 bits per heavy atom. The van der Waals surface area contributed by atoms with Crippen molar-refractivity contribution in [2.75, 3.05) is 13.6 Å². The number of amides is 2. The van der Waals surface area contributed by atoms with Gasteiger partial charge in [0.15, 0.2) is 0 Å². The van der Waals surface area contributed by atoms with Crippen LogP contribution in [0.15, 0.2) is 54.6 Å². The Hall–Kier alpha value is -4.00. The van der Waals surface area contributed by atoms with Crippen molar-refractivity contribution in [1.29, 1.82) is 0 Å². The summed E-state index contributed by atoms with van der Waals surface area (Å²) in [6.45, 7) is 4.13. The van der Waals surface area contributed by atoms with E-state index in [2.05, 4.69) is 15.6 Å². The topological polar surface area (TPSA) is 74.0 Å². The fourth-order valence-electron chi connectivity index (χ4n) is 4.19. The normalized spacial score (nSPS) is 11.0. The largest absolute Gasteiger partial charge is 0.356 e. The number of fused-ring (bicyclic) bond motifs is 1. The molecule has 2 amide bonds. The molecule has 0 atom stereocenters. The summed E-state index contributed by atoms with van der Waals surface area (Å²) in [5.41, 5.74) is 4.88. The lowest BCUT2D eigenvalue weighted by atomic mass is 10.0. The number of aryl methyl sites for hydroxylation is 2. The number of aromatic nitrogens is 1. The summed E-state index contributed by atoms with van der Waals surface area (Å²) in [6, 6.07) is 14.1. The van der Waals surface area contributed by atoms with Gasteiger partial charge >= 0.3 is 0 Å². The number of rotatable bonds is 6. The molecule has 0 aliphatic heterocycles. The van der Waals surface area contributed by atoms with Crippen LogP contribution in [0.3, 0.4) is 0 Å². The summed E-state index contributed by atoms with van der Waals surface area (Å²) in [6.07, 6.45) is 0.514. The smallest absolute Gasteiger partial charge is 0.251 e. The van der Waals surface area contributed by atoms with Gasteiger partial charge < -0.3 is 15.6 Å². The third kappa shape index (κ3) is 4.41. The lowest BCUT2D eigenvalue weighted by Gasteiger charge is -2.09. The van der Waals surface area contributed by atoms with Gasteiger partial charge in [-0.15, -0.1) is 0 Å². The average molecular weight is 462 g/mol. The molecule has 0 aliphatic rings. The molecular formula is C27H25F2N3O2. The number of nitrogens with one attached hydrogen (secondary N) is 3. The Morgan fingerprint density at radius 3 is 2.26 bits per heavy atom. The number of H-pyrrole nitrogens is 1. The minimum Gasteiger partial charge on any atom is -0.356 e. The van der Waals surface area contributed by atoms with Crippen molar-refractivity contribution in [3.63, 3.8) is 0 Å². The molecule has 4 aromatic rings. The highest BCUT2D eigenvalue weighted by Crippen LogP contribution is 2.28. The van der Waals surface area contributed by atoms with Crippen LogP contribution in [-0.4, -0.2) is 30.4 Å². The van der Waals surface area contributed by atoms with E-state index >= 15 is 0 Å². The molecule has 3 aromatic carbocycles. The van der Waals surface area contributed by atoms with Gasteiger partial charge in [0.05, 0.1) is 5.52 Å². The maximum atomic E-state index is 14.8. The van der Waals surface area contributed by atoms with Gasteiger partial charge in [0.1, 0.15) is 11.6 Å². The van der Waals surface area contributed by atoms with Crippen molar-refractivity contribution in [1.82, 2.24) is 15.6 Å². The maximum Gasteiger partial charge on any atom is 0.251 e. The first-order chi connectivity index (χ1) is 16.3. The first-order valence-corrected chi connectivity index (χ1v) is 11.0. The molecule has 0 aliphatic carbocycles. The molecule has 5 nitrogen and oxygen atoms in total. The van der Waals surface area contributed by atoms with Gasteiger partial charge in [0, 0.05) is 41.4 Å². The van der Waals surface area contributed by atoms with Crippen molar-refractivity contribution in [3.8, 4) is 11.1 Å². The summed E-state index contributed by atoms with van der Waals surface area (Å²) in [4.78, 5) is 27.4. The molecule has 174 valence electrons. The molecule has 0 saturated heterocycles. The third-order valence-corrected chi connectivity index (χ3v) is 6.01. The summed E-state index contributed by atoms with van der Waals surface area (Å²) in [5, 5.41) is 6.19. The second kappa shape index (κ2) is 9.47. The zero-order valence-electron chi connectivity index (χ0n) is 19.2. The van der Waals surface area contributed by atoms with Crippen molar-refractivity contribution in [3.05, 3.63) is 94.2 Å². The first kappa shape index (κ1) is 23.2. The Morgan fingerprint density at radius 2 is 1.59 bits per heavy atom. The molecule has 0 bridgehead atoms. The third-order valence-electron chi connectivity index (χ3n) is 6.01. The Kier molecular flexibility index (Phi) is 6.45. The van der Waals surface area contributed by atoms with Crippen LogP contribution in [0.1, 0.15) is 37.5 Å². The molecule has 3 N–H and O–H groups in total. The van der Waals surface area contributed by atoms with E-state index in [1.165, 1.54) is 12.1 Å². The second-order valence-corrected chi connectivity index (χ2v) is 8.20. The quantitative estimate of drug-likeness (QED) is 0.375. The van der Waals surface area contributed by atoms with Gasteiger partial charge in [-0.05, 0) is 67.3 Å². The van der Waals surface area contributed by atoms with Crippen LogP contribution in [0, 0.1) is 25.5 Å². The summed E-state index contributed by atoms with van der Waals surface area (Å²) in [5.74, 6) is -1.44. The molecule has 0 radical (unpaired) electrons. The highest BCUT2D eigenvalue weighted by molar-refractivity contribution is 5.96. The van der Waals surface area contributed by atoms with Crippen LogP contribution >= 0.6 is 0 Å². The second-order valence-electron chi connectivity index (χ2n) is 8.20. The number of halogens is 2. The minimum atomic E-state index is -0.529. The van der Waals surface area contributed by atoms with Gasteiger partial charge in [-0.25, -0.2) is 8.78 Å². The molecule has 1 aromatic heterocycles. The molecule has 0 spiro atoms. The SMILES string of the molecule is CNC(=O)c1ccc(-c2ccc(C(=O)NCCc3c(C)[nH]c4c(F)ccc(C)c34)cc2F)cc1. The summed E-state index contributed by atoms with van der Waals surface area (Å²) >= 11 is 0. The summed E-state index contributed by atoms with van der Waals surface area (Å²) < 4.78 is 28.9. The van der Waals surface area contributed by atoms with Gasteiger partial charge in [0.25, 0.3) is 11.8 Å². The van der Waals surface area contributed by atoms with E-state index < -0.39 is 5.82 Å². The van der Waals surface area contributed by atoms with E-state index in [4.69, 9.17) is 0 Å². The lowest BCUT2D eigenvalue weighted by molar-refractivity contribution is 0.0949. The molecule has 1 heterocycles. The van der Waals surface area contributed by atoms with E-state index in [0.717, 1.165) is 22.2 Å². The van der Waals surface area contributed by atoms with Crippen molar-refractivity contribution in [2.45, 2.75) is 20.3 Å². The van der Waals surface area contributed by atoms with Crippen LogP contribution in [-0.2, 0) is 6.42 Å². The maximum absolute atomic E-state index is 14.8. The predicted molar refractivity (Wildman–Crippen MR) is 129 cm³/mol. The van der Waals surface area contributed by atoms with E-state index in [-0.39, 0.29) is 23.2 Å². The van der Waals surface area contributed by atoms with Crippen molar-refractivity contribution in [2.24, 2.45) is 0 Å². The van der Waals surface area contributed by atoms with Crippen LogP contribution in [0.4, 0.5) is 8.78 Å². The standard InChI is InChI=1S/C27H25F2N3O2/c1-15-4-11-22(28)25-24(15)20(16(2)32-25)12-13-31-27(34)19-9-10-21(23(29)14-19)17-5-7-18(8-6-17)26(33)30-3/h4-11,14,32H,12-13H2,1-3H3,(H,30,33)(H,31,34). The van der Waals surface area contributed by atoms with Gasteiger partial charge in [-0.2, -0.15) is 0 Å². The molecule has 0 saturated carbocycles. The fourth-order valence-corrected chi connectivity index (χ4v) is 4.19. The Labute approximate surface area is 196 Å². The number of hydrogen-bond acceptors (Lipinski definition) is 2. The molecule has 0 fully saturated rings. The van der Waals surface area contributed by atoms with Crippen molar-refractivity contribution >= 4 is 22.7 Å². The van der Waals surface area contributed by atoms with Gasteiger partial charge in [-0.3, -0.25) is 9.59 Å². The number of carbonyl (C=O) groups excluding carboxylic acids is 2. The zero-order valence-corrected chi connectivity index (χ0v) is 19.2. The fraction of sp³-hybridized carbons (Fsp3) is 0.185. The molecule has 0 unspecified atom stereocenters. The zero-order chi connectivity index (χ0) is 24.4. The molecule has 4 rings (SSSR count). The highest BCUT2D eigenvalue weighted by atomic mass is 19.1. The lowest BCUT2D eigenvalue weighted by Crippen LogP contribution is -2.26. The number of hydrogen-bond donors (Lipinski definition) is 3. The first-order valence-electron chi connectivity index (χ1n) is 11.0. The van der Waals surface area contributed by atoms with E-state index in [0.29, 0.717) is 35.2 Å². The predicted octanol–water partition coefficient (Wildman–Crippen LogP) is 5.06. The van der Waals surface area contributed by atoms with Gasteiger partial charge in [0.2, 0.25) is 0 Å². The molecule has 7 heteroatoms. The monoisotopic (exact) mass is 461 g/mol. The number of aromatic amines is 1. The van der Waals surface area contributed by atoms with Crippen LogP contribution in [0.5, 0.6) is 0 Å². The van der Waals surface area contributed by atoms with E-state index in [9.17, 15) is 18.4 Å². The van der Waals surface area contributed by atoms with E-state index in [1.807, 2.05) is 13.8 Å². The number of carbonyl (C=O) groups is 2. The minimum absolute atomic E-state index is 0.209. The molecular weight excluding hydrogens is 436 g/mol. The number of benzene rings is 3.